The Morgan fingerprint density at radius 3 is 2.94 bits per heavy atom. The molecule has 3 rings (SSSR count). The quantitative estimate of drug-likeness (QED) is 0.880. The van der Waals surface area contributed by atoms with Crippen molar-refractivity contribution >= 4 is 17.1 Å². The molecule has 2 atom stereocenters. The van der Waals surface area contributed by atoms with Gasteiger partial charge in [-0.2, -0.15) is 0 Å². The number of anilines is 1. The highest BCUT2D eigenvalue weighted by atomic mass is 16.5. The molecule has 2 N–H and O–H groups in total. The summed E-state index contributed by atoms with van der Waals surface area (Å²) in [5.74, 6) is 0.539. The maximum absolute atomic E-state index is 6.06. The van der Waals surface area contributed by atoms with E-state index < -0.39 is 0 Å². The lowest BCUT2D eigenvalue weighted by Crippen LogP contribution is -2.22. The molecule has 1 aliphatic carbocycles. The van der Waals surface area contributed by atoms with E-state index in [1.54, 1.807) is 7.11 Å². The van der Waals surface area contributed by atoms with Gasteiger partial charge in [-0.3, -0.25) is 4.57 Å². The molecule has 0 aromatic carbocycles. The van der Waals surface area contributed by atoms with E-state index in [0.29, 0.717) is 5.95 Å². The Balaban J connectivity index is 2.15. The molecule has 2 heterocycles. The minimum atomic E-state index is 0.215. The van der Waals surface area contributed by atoms with E-state index in [1.165, 1.54) is 0 Å². The second-order valence-electron chi connectivity index (χ2n) is 4.91. The van der Waals surface area contributed by atoms with Gasteiger partial charge in [-0.1, -0.05) is 0 Å². The van der Waals surface area contributed by atoms with Gasteiger partial charge in [0.1, 0.15) is 5.52 Å². The normalized spacial score (nSPS) is 23.9. The van der Waals surface area contributed by atoms with Crippen LogP contribution >= 0.6 is 0 Å². The number of aryl methyl sites for hydroxylation is 1. The van der Waals surface area contributed by atoms with Crippen molar-refractivity contribution in [3.63, 3.8) is 0 Å². The molecule has 0 radical (unpaired) electrons. The lowest BCUT2D eigenvalue weighted by Gasteiger charge is -2.21. The Kier molecular flexibility index (Phi) is 2.70. The van der Waals surface area contributed by atoms with Crippen LogP contribution in [0.4, 0.5) is 5.95 Å². The summed E-state index contributed by atoms with van der Waals surface area (Å²) in [6.45, 7) is 1.98. The first-order chi connectivity index (χ1) is 8.70. The van der Waals surface area contributed by atoms with Gasteiger partial charge in [-0.05, 0) is 38.3 Å². The van der Waals surface area contributed by atoms with Gasteiger partial charge in [0.2, 0.25) is 5.95 Å². The third-order valence-corrected chi connectivity index (χ3v) is 3.76. The third kappa shape index (κ3) is 1.66. The Hall–Kier alpha value is -1.62. The highest BCUT2D eigenvalue weighted by Crippen LogP contribution is 2.35. The van der Waals surface area contributed by atoms with E-state index in [1.807, 2.05) is 23.6 Å². The van der Waals surface area contributed by atoms with Crippen LogP contribution in [-0.4, -0.2) is 27.7 Å². The summed E-state index contributed by atoms with van der Waals surface area (Å²) in [6.07, 6.45) is 3.52. The maximum atomic E-state index is 6.06. The lowest BCUT2D eigenvalue weighted by atomic mass is 10.2. The van der Waals surface area contributed by atoms with Crippen LogP contribution in [0.3, 0.4) is 0 Å². The molecule has 0 saturated heterocycles. The van der Waals surface area contributed by atoms with Gasteiger partial charge < -0.3 is 10.5 Å². The molecule has 2 unspecified atom stereocenters. The molecule has 0 aliphatic heterocycles. The van der Waals surface area contributed by atoms with Crippen LogP contribution in [0.1, 0.15) is 31.0 Å². The number of nitrogens with zero attached hydrogens (tertiary/aromatic N) is 3. The molecule has 2 aromatic rings. The summed E-state index contributed by atoms with van der Waals surface area (Å²) >= 11 is 0. The van der Waals surface area contributed by atoms with Crippen LogP contribution in [0.15, 0.2) is 12.1 Å². The summed E-state index contributed by atoms with van der Waals surface area (Å²) in [6, 6.07) is 4.19. The predicted octanol–water partition coefficient (Wildman–Crippen LogP) is 2.06. The van der Waals surface area contributed by atoms with Crippen molar-refractivity contribution in [2.45, 2.75) is 38.3 Å². The number of rotatable bonds is 2. The van der Waals surface area contributed by atoms with Gasteiger partial charge in [0.25, 0.3) is 0 Å². The zero-order valence-electron chi connectivity index (χ0n) is 10.8. The van der Waals surface area contributed by atoms with Crippen molar-refractivity contribution in [3.8, 4) is 0 Å². The van der Waals surface area contributed by atoms with Gasteiger partial charge >= 0.3 is 0 Å². The van der Waals surface area contributed by atoms with Gasteiger partial charge in [0.05, 0.1) is 12.1 Å². The van der Waals surface area contributed by atoms with Crippen LogP contribution in [0.5, 0.6) is 0 Å². The molecule has 2 aromatic heterocycles. The SMILES string of the molecule is COC1CCCC1n1c(N)nc2ccc(C)nc21. The van der Waals surface area contributed by atoms with E-state index in [0.717, 1.165) is 36.1 Å². The zero-order valence-corrected chi connectivity index (χ0v) is 10.8. The molecule has 18 heavy (non-hydrogen) atoms. The number of hydrogen-bond donors (Lipinski definition) is 1. The van der Waals surface area contributed by atoms with E-state index in [9.17, 15) is 0 Å². The Labute approximate surface area is 106 Å². The van der Waals surface area contributed by atoms with E-state index in [2.05, 4.69) is 9.97 Å². The molecular weight excluding hydrogens is 228 g/mol. The molecule has 1 saturated carbocycles. The molecule has 0 spiro atoms. The first-order valence-corrected chi connectivity index (χ1v) is 6.34. The Morgan fingerprint density at radius 2 is 2.17 bits per heavy atom. The number of aromatic nitrogens is 3. The van der Waals surface area contributed by atoms with Crippen molar-refractivity contribution in [2.24, 2.45) is 0 Å². The highest BCUT2D eigenvalue weighted by Gasteiger charge is 2.31. The third-order valence-electron chi connectivity index (χ3n) is 3.76. The summed E-state index contributed by atoms with van der Waals surface area (Å²) in [5, 5.41) is 0. The first-order valence-electron chi connectivity index (χ1n) is 6.34. The number of pyridine rings is 1. The molecule has 1 aliphatic rings. The number of methoxy groups -OCH3 is 1. The van der Waals surface area contributed by atoms with Crippen LogP contribution in [-0.2, 0) is 4.74 Å². The molecular formula is C13H18N4O. The fourth-order valence-electron chi connectivity index (χ4n) is 2.89. The maximum Gasteiger partial charge on any atom is 0.202 e. The number of ether oxygens (including phenoxy) is 1. The predicted molar refractivity (Wildman–Crippen MR) is 70.4 cm³/mol. The van der Waals surface area contributed by atoms with Gasteiger partial charge in [0.15, 0.2) is 5.65 Å². The van der Waals surface area contributed by atoms with Crippen LogP contribution in [0.2, 0.25) is 0 Å². The summed E-state index contributed by atoms with van der Waals surface area (Å²) in [4.78, 5) is 8.96. The highest BCUT2D eigenvalue weighted by molar-refractivity contribution is 5.74. The first kappa shape index (κ1) is 11.5. The zero-order chi connectivity index (χ0) is 12.7. The summed E-state index contributed by atoms with van der Waals surface area (Å²) < 4.78 is 7.59. The van der Waals surface area contributed by atoms with Crippen LogP contribution in [0.25, 0.3) is 11.2 Å². The van der Waals surface area contributed by atoms with Gasteiger partial charge in [-0.15, -0.1) is 0 Å². The second-order valence-corrected chi connectivity index (χ2v) is 4.91. The number of hydrogen-bond acceptors (Lipinski definition) is 4. The molecule has 5 nitrogen and oxygen atoms in total. The number of fused-ring (bicyclic) bond motifs is 1. The largest absolute Gasteiger partial charge is 0.379 e. The smallest absolute Gasteiger partial charge is 0.202 e. The Bertz CT molecular complexity index is 578. The van der Waals surface area contributed by atoms with E-state index >= 15 is 0 Å². The molecule has 0 amide bonds. The average Bonchev–Trinajstić information content (AvgIpc) is 2.91. The fourth-order valence-corrected chi connectivity index (χ4v) is 2.89. The van der Waals surface area contributed by atoms with Gasteiger partial charge in [0, 0.05) is 12.8 Å². The van der Waals surface area contributed by atoms with Crippen molar-refractivity contribution in [1.82, 2.24) is 14.5 Å². The minimum absolute atomic E-state index is 0.215. The Morgan fingerprint density at radius 1 is 1.33 bits per heavy atom. The van der Waals surface area contributed by atoms with Crippen molar-refractivity contribution in [3.05, 3.63) is 17.8 Å². The number of nitrogen functional groups attached to an aromatic ring is 1. The van der Waals surface area contributed by atoms with E-state index in [-0.39, 0.29) is 12.1 Å². The molecule has 96 valence electrons. The summed E-state index contributed by atoms with van der Waals surface area (Å²) in [7, 11) is 1.76. The average molecular weight is 246 g/mol. The van der Waals surface area contributed by atoms with Crippen LogP contribution < -0.4 is 5.73 Å². The van der Waals surface area contributed by atoms with Crippen molar-refractivity contribution in [1.29, 1.82) is 0 Å². The van der Waals surface area contributed by atoms with Crippen molar-refractivity contribution < 1.29 is 4.74 Å². The van der Waals surface area contributed by atoms with Crippen LogP contribution in [0, 0.1) is 6.92 Å². The number of nitrogens with two attached hydrogens (primary N) is 1. The monoisotopic (exact) mass is 246 g/mol. The molecule has 1 fully saturated rings. The number of imidazole rings is 1. The standard InChI is InChI=1S/C13H18N4O/c1-8-6-7-9-12(15-8)17(13(14)16-9)10-4-3-5-11(10)18-2/h6-7,10-11H,3-5H2,1-2H3,(H2,14,16). The fraction of sp³-hybridized carbons (Fsp3) is 0.538. The van der Waals surface area contributed by atoms with Crippen molar-refractivity contribution in [2.75, 3.05) is 12.8 Å². The molecule has 0 bridgehead atoms. The lowest BCUT2D eigenvalue weighted by molar-refractivity contribution is 0.0766. The minimum Gasteiger partial charge on any atom is -0.379 e. The van der Waals surface area contributed by atoms with E-state index in [4.69, 9.17) is 10.5 Å². The molecule has 5 heteroatoms. The topological polar surface area (TPSA) is 66.0 Å². The second kappa shape index (κ2) is 4.24. The summed E-state index contributed by atoms with van der Waals surface area (Å²) in [5.41, 5.74) is 8.78. The van der Waals surface area contributed by atoms with Gasteiger partial charge in [-0.25, -0.2) is 9.97 Å².